The molecule has 0 spiro atoms. The second-order valence-electron chi connectivity index (χ2n) is 8.25. The number of methoxy groups -OCH3 is 1. The lowest BCUT2D eigenvalue weighted by Gasteiger charge is -2.56. The average Bonchev–Trinajstić information content (AvgIpc) is 2.81. The lowest BCUT2D eigenvalue weighted by Crippen LogP contribution is -2.72. The number of hydrogen-bond acceptors (Lipinski definition) is 4. The Morgan fingerprint density at radius 1 is 1.18 bits per heavy atom. The Morgan fingerprint density at radius 2 is 1.88 bits per heavy atom. The van der Waals surface area contributed by atoms with Gasteiger partial charge in [0.2, 0.25) is 5.91 Å². The van der Waals surface area contributed by atoms with E-state index in [0.29, 0.717) is 27.3 Å². The molecule has 5 rings (SSSR count). The highest BCUT2D eigenvalue weighted by Gasteiger charge is 2.59. The van der Waals surface area contributed by atoms with E-state index in [2.05, 4.69) is 26.6 Å². The van der Waals surface area contributed by atoms with Gasteiger partial charge in [0, 0.05) is 26.4 Å². The summed E-state index contributed by atoms with van der Waals surface area (Å²) in [7, 11) is 1.60. The number of hydrogen-bond donors (Lipinski definition) is 2. The van der Waals surface area contributed by atoms with Crippen molar-refractivity contribution in [1.82, 2.24) is 5.32 Å². The summed E-state index contributed by atoms with van der Waals surface area (Å²) >= 11 is 15.3. The predicted molar refractivity (Wildman–Crippen MR) is 141 cm³/mol. The standard InChI is InChI=1S/C25H21BrClN3O3S/c1-25-20(23(31)28-16-10-8-15(27)9-11-16)21(18-4-3-5-19(32-2)22(18)33-25)29-24(34)30(25)17-12-6-14(26)7-13-17/h3-13,20-21H,1-2H3,(H,28,31)(H,29,34)/t20-,21-,25-/m1/s1. The largest absolute Gasteiger partial charge is 0.493 e. The molecule has 6 nitrogen and oxygen atoms in total. The first kappa shape index (κ1) is 23.0. The van der Waals surface area contributed by atoms with Gasteiger partial charge in [0.25, 0.3) is 0 Å². The van der Waals surface area contributed by atoms with Gasteiger partial charge < -0.3 is 20.1 Å². The molecule has 1 saturated heterocycles. The number of fused-ring (bicyclic) bond motifs is 4. The number of anilines is 2. The first-order valence-electron chi connectivity index (χ1n) is 10.6. The van der Waals surface area contributed by atoms with Crippen molar-refractivity contribution in [2.75, 3.05) is 17.3 Å². The summed E-state index contributed by atoms with van der Waals surface area (Å²) in [5.74, 6) is 0.319. The van der Waals surface area contributed by atoms with Gasteiger partial charge in [0.1, 0.15) is 5.92 Å². The molecule has 0 unspecified atom stereocenters. The summed E-state index contributed by atoms with van der Waals surface area (Å²) in [6, 6.07) is 19.9. The Kier molecular flexibility index (Phi) is 5.91. The number of nitrogens with one attached hydrogen (secondary N) is 2. The van der Waals surface area contributed by atoms with Crippen molar-refractivity contribution in [3.63, 3.8) is 0 Å². The zero-order chi connectivity index (χ0) is 24.0. The topological polar surface area (TPSA) is 62.8 Å². The lowest BCUT2D eigenvalue weighted by atomic mass is 9.78. The molecule has 3 atom stereocenters. The van der Waals surface area contributed by atoms with E-state index in [1.165, 1.54) is 0 Å². The van der Waals surface area contributed by atoms with Crippen LogP contribution in [-0.4, -0.2) is 23.9 Å². The second kappa shape index (κ2) is 8.76. The number of halogens is 2. The van der Waals surface area contributed by atoms with E-state index in [4.69, 9.17) is 33.3 Å². The van der Waals surface area contributed by atoms with Gasteiger partial charge in [-0.2, -0.15) is 0 Å². The van der Waals surface area contributed by atoms with E-state index >= 15 is 0 Å². The van der Waals surface area contributed by atoms with Crippen LogP contribution in [0.2, 0.25) is 5.02 Å². The van der Waals surface area contributed by atoms with Crippen LogP contribution in [-0.2, 0) is 4.79 Å². The molecule has 9 heteroatoms. The highest BCUT2D eigenvalue weighted by Crippen LogP contribution is 2.52. The molecule has 2 heterocycles. The van der Waals surface area contributed by atoms with Gasteiger partial charge in [-0.15, -0.1) is 0 Å². The quantitative estimate of drug-likeness (QED) is 0.388. The van der Waals surface area contributed by atoms with Crippen LogP contribution in [0.25, 0.3) is 0 Å². The summed E-state index contributed by atoms with van der Waals surface area (Å²) in [5.41, 5.74) is 1.11. The molecule has 2 aliphatic heterocycles. The third kappa shape index (κ3) is 3.79. The molecule has 3 aromatic rings. The van der Waals surface area contributed by atoms with Gasteiger partial charge in [-0.3, -0.25) is 9.69 Å². The van der Waals surface area contributed by atoms with Crippen LogP contribution in [0.15, 0.2) is 71.2 Å². The fourth-order valence-corrected chi connectivity index (χ4v) is 5.47. The van der Waals surface area contributed by atoms with E-state index < -0.39 is 17.7 Å². The number of amides is 1. The Morgan fingerprint density at radius 3 is 2.56 bits per heavy atom. The highest BCUT2D eigenvalue weighted by atomic mass is 79.9. The SMILES string of the molecule is COc1cccc2c1O[C@]1(C)[C@@H](C(=O)Nc3ccc(Cl)cc3)[C@@H]2NC(=S)N1c1ccc(Br)cc1. The molecule has 2 N–H and O–H groups in total. The van der Waals surface area contributed by atoms with Crippen molar-refractivity contribution in [3.8, 4) is 11.5 Å². The Balaban J connectivity index is 1.64. The normalized spacial score (nSPS) is 22.8. The number of carbonyl (C=O) groups is 1. The lowest BCUT2D eigenvalue weighted by molar-refractivity contribution is -0.130. The molecule has 1 amide bonds. The smallest absolute Gasteiger partial charge is 0.236 e. The number of rotatable bonds is 4. The van der Waals surface area contributed by atoms with Crippen LogP contribution in [0.3, 0.4) is 0 Å². The highest BCUT2D eigenvalue weighted by molar-refractivity contribution is 9.10. The molecule has 2 bridgehead atoms. The molecule has 0 aliphatic carbocycles. The van der Waals surface area contributed by atoms with E-state index in [1.54, 1.807) is 31.4 Å². The van der Waals surface area contributed by atoms with E-state index in [9.17, 15) is 4.79 Å². The first-order valence-corrected chi connectivity index (χ1v) is 12.2. The van der Waals surface area contributed by atoms with E-state index in [0.717, 1.165) is 15.7 Å². The van der Waals surface area contributed by atoms with Crippen LogP contribution in [0.5, 0.6) is 11.5 Å². The molecular weight excluding hydrogens is 538 g/mol. The molecular formula is C25H21BrClN3O3S. The second-order valence-corrected chi connectivity index (χ2v) is 9.99. The van der Waals surface area contributed by atoms with Crippen molar-refractivity contribution in [2.45, 2.75) is 18.7 Å². The molecule has 0 aromatic heterocycles. The summed E-state index contributed by atoms with van der Waals surface area (Å²) in [5, 5.41) is 7.49. The van der Waals surface area contributed by atoms with Crippen LogP contribution in [0, 0.1) is 5.92 Å². The maximum absolute atomic E-state index is 13.8. The third-order valence-corrected chi connectivity index (χ3v) is 7.27. The average molecular weight is 559 g/mol. The molecule has 0 saturated carbocycles. The summed E-state index contributed by atoms with van der Waals surface area (Å²) in [6.45, 7) is 1.89. The molecule has 0 radical (unpaired) electrons. The van der Waals surface area contributed by atoms with Crippen molar-refractivity contribution in [1.29, 1.82) is 0 Å². The van der Waals surface area contributed by atoms with Crippen molar-refractivity contribution in [3.05, 3.63) is 81.8 Å². The van der Waals surface area contributed by atoms with Gasteiger partial charge in [-0.25, -0.2) is 0 Å². The number of benzene rings is 3. The Hall–Kier alpha value is -2.81. The molecule has 1 fully saturated rings. The van der Waals surface area contributed by atoms with Crippen molar-refractivity contribution >= 4 is 62.1 Å². The number of para-hydroxylation sites is 1. The molecule has 2 aliphatic rings. The monoisotopic (exact) mass is 557 g/mol. The molecule has 174 valence electrons. The maximum atomic E-state index is 13.8. The van der Waals surface area contributed by atoms with E-state index in [-0.39, 0.29) is 5.91 Å². The van der Waals surface area contributed by atoms with Crippen LogP contribution >= 0.6 is 39.7 Å². The zero-order valence-electron chi connectivity index (χ0n) is 18.3. The Bertz CT molecular complexity index is 1270. The van der Waals surface area contributed by atoms with Gasteiger partial charge >= 0.3 is 0 Å². The third-order valence-electron chi connectivity index (χ3n) is 6.19. The van der Waals surface area contributed by atoms with Gasteiger partial charge in [0.15, 0.2) is 22.3 Å². The van der Waals surface area contributed by atoms with Crippen LogP contribution in [0.1, 0.15) is 18.5 Å². The van der Waals surface area contributed by atoms with Crippen LogP contribution < -0.4 is 25.0 Å². The summed E-state index contributed by atoms with van der Waals surface area (Å²) in [4.78, 5) is 15.7. The van der Waals surface area contributed by atoms with Crippen molar-refractivity contribution in [2.24, 2.45) is 5.92 Å². The molecule has 34 heavy (non-hydrogen) atoms. The van der Waals surface area contributed by atoms with Gasteiger partial charge in [0.05, 0.1) is 13.2 Å². The minimum Gasteiger partial charge on any atom is -0.493 e. The minimum absolute atomic E-state index is 0.208. The van der Waals surface area contributed by atoms with Gasteiger partial charge in [-0.1, -0.05) is 39.7 Å². The van der Waals surface area contributed by atoms with Gasteiger partial charge in [-0.05, 0) is 73.7 Å². The van der Waals surface area contributed by atoms with Crippen LogP contribution in [0.4, 0.5) is 11.4 Å². The maximum Gasteiger partial charge on any atom is 0.236 e. The number of ether oxygens (including phenoxy) is 2. The van der Waals surface area contributed by atoms with E-state index in [1.807, 2.05) is 54.3 Å². The zero-order valence-corrected chi connectivity index (χ0v) is 21.5. The fraction of sp³-hybridized carbons (Fsp3) is 0.200. The van der Waals surface area contributed by atoms with Crippen molar-refractivity contribution < 1.29 is 14.3 Å². The summed E-state index contributed by atoms with van der Waals surface area (Å²) < 4.78 is 13.2. The number of nitrogens with zero attached hydrogens (tertiary/aromatic N) is 1. The summed E-state index contributed by atoms with van der Waals surface area (Å²) in [6.07, 6.45) is 0. The predicted octanol–water partition coefficient (Wildman–Crippen LogP) is 5.91. The Labute approximate surface area is 216 Å². The first-order chi connectivity index (χ1) is 16.3. The minimum atomic E-state index is -1.14. The fourth-order valence-electron chi connectivity index (χ4n) is 4.66. The number of thiocarbonyl (C=S) groups is 1. The number of carbonyl (C=O) groups excluding carboxylic acids is 1. The molecule has 3 aromatic carbocycles.